The molecule has 1 atom stereocenters. The molecule has 1 aromatic heterocycles. The Labute approximate surface area is 198 Å². The second-order valence-electron chi connectivity index (χ2n) is 8.20. The second kappa shape index (κ2) is 11.5. The molecule has 1 aromatic carbocycles. The van der Waals surface area contributed by atoms with Gasteiger partial charge in [-0.15, -0.1) is 11.3 Å². The second-order valence-corrected chi connectivity index (χ2v) is 10.5. The lowest BCUT2D eigenvalue weighted by atomic mass is 9.99. The van der Waals surface area contributed by atoms with Crippen molar-refractivity contribution in [2.24, 2.45) is 0 Å². The lowest BCUT2D eigenvalue weighted by Crippen LogP contribution is -2.31. The minimum absolute atomic E-state index is 0.0483. The lowest BCUT2D eigenvalue weighted by molar-refractivity contribution is -0.0655. The van der Waals surface area contributed by atoms with Gasteiger partial charge in [-0.3, -0.25) is 4.79 Å². The van der Waals surface area contributed by atoms with Crippen LogP contribution in [0.2, 0.25) is 0 Å². The molecule has 170 valence electrons. The van der Waals surface area contributed by atoms with E-state index in [1.54, 1.807) is 11.3 Å². The normalized spacial score (nSPS) is 15.8. The first-order valence-corrected chi connectivity index (χ1v) is 12.7. The Hall–Kier alpha value is -1.41. The zero-order valence-corrected chi connectivity index (χ0v) is 21.2. The van der Waals surface area contributed by atoms with Crippen molar-refractivity contribution in [2.45, 2.75) is 65.2 Å². The highest BCUT2D eigenvalue weighted by Gasteiger charge is 2.25. The molecule has 1 amide bonds. The standard InChI is InChI=1S/C24H33BrN2O3S/c1-5-17-8-6-7-9-19(17)20(30-18-10-12-29-13-11-18)14-26-24-21(16(4)22(25)31-24)23(28)27-15(2)3/h6-9,15,18,20,26H,5,10-14H2,1-4H3,(H,27,28). The molecule has 1 unspecified atom stereocenters. The van der Waals surface area contributed by atoms with E-state index in [1.807, 2.05) is 20.8 Å². The van der Waals surface area contributed by atoms with Gasteiger partial charge >= 0.3 is 0 Å². The van der Waals surface area contributed by atoms with Crippen LogP contribution in [0, 0.1) is 6.92 Å². The summed E-state index contributed by atoms with van der Waals surface area (Å²) in [6.07, 6.45) is 2.87. The van der Waals surface area contributed by atoms with Gasteiger partial charge < -0.3 is 20.1 Å². The molecule has 3 rings (SSSR count). The third-order valence-corrected chi connectivity index (χ3v) is 7.61. The van der Waals surface area contributed by atoms with Crippen molar-refractivity contribution in [3.63, 3.8) is 0 Å². The summed E-state index contributed by atoms with van der Waals surface area (Å²) in [7, 11) is 0. The van der Waals surface area contributed by atoms with Gasteiger partial charge in [0.05, 0.1) is 15.5 Å². The third kappa shape index (κ3) is 6.31. The fourth-order valence-corrected chi connectivity index (χ4v) is 5.47. The first kappa shape index (κ1) is 24.2. The quantitative estimate of drug-likeness (QED) is 0.444. The van der Waals surface area contributed by atoms with Gasteiger partial charge in [0.25, 0.3) is 5.91 Å². The summed E-state index contributed by atoms with van der Waals surface area (Å²) in [5.74, 6) is -0.0483. The SMILES string of the molecule is CCc1ccccc1C(CNc1sc(Br)c(C)c1C(=O)NC(C)C)OC1CCOCC1. The molecule has 0 spiro atoms. The van der Waals surface area contributed by atoms with Crippen LogP contribution in [0.25, 0.3) is 0 Å². The topological polar surface area (TPSA) is 59.6 Å². The van der Waals surface area contributed by atoms with Crippen LogP contribution in [-0.4, -0.2) is 37.8 Å². The van der Waals surface area contributed by atoms with Gasteiger partial charge in [0, 0.05) is 25.8 Å². The first-order valence-electron chi connectivity index (χ1n) is 11.0. The molecular formula is C24H33BrN2O3S. The third-order valence-electron chi connectivity index (χ3n) is 5.49. The van der Waals surface area contributed by atoms with Crippen LogP contribution in [0.15, 0.2) is 28.1 Å². The van der Waals surface area contributed by atoms with Crippen molar-refractivity contribution in [3.8, 4) is 0 Å². The smallest absolute Gasteiger partial charge is 0.254 e. The molecule has 0 saturated carbocycles. The number of carbonyl (C=O) groups is 1. The molecule has 2 heterocycles. The van der Waals surface area contributed by atoms with Gasteiger partial charge in [-0.05, 0) is 72.7 Å². The number of thiophene rings is 1. The van der Waals surface area contributed by atoms with Crippen molar-refractivity contribution in [1.29, 1.82) is 0 Å². The molecule has 0 radical (unpaired) electrons. The summed E-state index contributed by atoms with van der Waals surface area (Å²) in [6.45, 7) is 10.2. The highest BCUT2D eigenvalue weighted by molar-refractivity contribution is 9.11. The molecule has 31 heavy (non-hydrogen) atoms. The van der Waals surface area contributed by atoms with Gasteiger partial charge in [0.1, 0.15) is 11.1 Å². The highest BCUT2D eigenvalue weighted by atomic mass is 79.9. The van der Waals surface area contributed by atoms with Crippen molar-refractivity contribution >= 4 is 38.2 Å². The summed E-state index contributed by atoms with van der Waals surface area (Å²) >= 11 is 5.17. The summed E-state index contributed by atoms with van der Waals surface area (Å²) in [5, 5.41) is 7.43. The Balaban J connectivity index is 1.83. The predicted octanol–water partition coefficient (Wildman–Crippen LogP) is 5.87. The molecule has 0 aliphatic carbocycles. The predicted molar refractivity (Wildman–Crippen MR) is 131 cm³/mol. The van der Waals surface area contributed by atoms with E-state index in [-0.39, 0.29) is 24.2 Å². The Morgan fingerprint density at radius 3 is 2.68 bits per heavy atom. The van der Waals surface area contributed by atoms with Gasteiger partial charge in [-0.1, -0.05) is 31.2 Å². The van der Waals surface area contributed by atoms with Crippen molar-refractivity contribution in [3.05, 3.63) is 50.3 Å². The van der Waals surface area contributed by atoms with E-state index in [9.17, 15) is 4.79 Å². The maximum Gasteiger partial charge on any atom is 0.254 e. The van der Waals surface area contributed by atoms with E-state index in [2.05, 4.69) is 57.8 Å². The number of nitrogens with one attached hydrogen (secondary N) is 2. The molecule has 2 aromatic rings. The minimum Gasteiger partial charge on any atom is -0.381 e. The maximum atomic E-state index is 12.8. The zero-order valence-electron chi connectivity index (χ0n) is 18.8. The van der Waals surface area contributed by atoms with Crippen LogP contribution >= 0.6 is 27.3 Å². The maximum absolute atomic E-state index is 12.8. The van der Waals surface area contributed by atoms with Crippen molar-refractivity contribution in [1.82, 2.24) is 5.32 Å². The number of hydrogen-bond donors (Lipinski definition) is 2. The Bertz CT molecular complexity index is 878. The molecule has 5 nitrogen and oxygen atoms in total. The highest BCUT2D eigenvalue weighted by Crippen LogP contribution is 2.38. The number of benzene rings is 1. The van der Waals surface area contributed by atoms with Crippen LogP contribution in [0.1, 0.15) is 66.8 Å². The largest absolute Gasteiger partial charge is 0.381 e. The number of carbonyl (C=O) groups excluding carboxylic acids is 1. The van der Waals surface area contributed by atoms with Crippen LogP contribution in [-0.2, 0) is 15.9 Å². The number of anilines is 1. The average Bonchev–Trinajstić information content (AvgIpc) is 3.04. The summed E-state index contributed by atoms with van der Waals surface area (Å²) in [5.41, 5.74) is 4.17. The zero-order chi connectivity index (χ0) is 22.4. The Kier molecular flexibility index (Phi) is 8.95. The van der Waals surface area contributed by atoms with E-state index < -0.39 is 0 Å². The number of aryl methyl sites for hydroxylation is 1. The average molecular weight is 510 g/mol. The summed E-state index contributed by atoms with van der Waals surface area (Å²) in [4.78, 5) is 12.8. The molecular weight excluding hydrogens is 476 g/mol. The monoisotopic (exact) mass is 508 g/mol. The van der Waals surface area contributed by atoms with Gasteiger partial charge in [0.15, 0.2) is 0 Å². The van der Waals surface area contributed by atoms with Crippen LogP contribution in [0.5, 0.6) is 0 Å². The Morgan fingerprint density at radius 2 is 2.00 bits per heavy atom. The summed E-state index contributed by atoms with van der Waals surface area (Å²) < 4.78 is 13.1. The van der Waals surface area contributed by atoms with Crippen LogP contribution in [0.4, 0.5) is 5.00 Å². The fourth-order valence-electron chi connectivity index (χ4n) is 3.85. The van der Waals surface area contributed by atoms with Crippen molar-refractivity contribution < 1.29 is 14.3 Å². The van der Waals surface area contributed by atoms with E-state index in [0.29, 0.717) is 12.1 Å². The van der Waals surface area contributed by atoms with E-state index in [0.717, 1.165) is 46.8 Å². The number of hydrogen-bond acceptors (Lipinski definition) is 5. The fraction of sp³-hybridized carbons (Fsp3) is 0.542. The molecule has 1 saturated heterocycles. The van der Waals surface area contributed by atoms with Crippen molar-refractivity contribution in [2.75, 3.05) is 25.1 Å². The number of amides is 1. The summed E-state index contributed by atoms with van der Waals surface area (Å²) in [6, 6.07) is 8.56. The van der Waals surface area contributed by atoms with Gasteiger partial charge in [-0.2, -0.15) is 0 Å². The molecule has 1 aliphatic heterocycles. The van der Waals surface area contributed by atoms with Gasteiger partial charge in [-0.25, -0.2) is 0 Å². The number of rotatable bonds is 9. The van der Waals surface area contributed by atoms with Crippen LogP contribution < -0.4 is 10.6 Å². The molecule has 2 N–H and O–H groups in total. The number of halogens is 1. The first-order chi connectivity index (χ1) is 14.9. The molecule has 1 aliphatic rings. The van der Waals surface area contributed by atoms with Gasteiger partial charge in [0.2, 0.25) is 0 Å². The van der Waals surface area contributed by atoms with E-state index in [4.69, 9.17) is 9.47 Å². The Morgan fingerprint density at radius 1 is 1.29 bits per heavy atom. The van der Waals surface area contributed by atoms with Crippen LogP contribution in [0.3, 0.4) is 0 Å². The molecule has 7 heteroatoms. The number of ether oxygens (including phenoxy) is 2. The molecule has 0 bridgehead atoms. The molecule has 1 fully saturated rings. The van der Waals surface area contributed by atoms with E-state index in [1.165, 1.54) is 11.1 Å². The lowest BCUT2D eigenvalue weighted by Gasteiger charge is -2.29. The van der Waals surface area contributed by atoms with E-state index >= 15 is 0 Å². The minimum atomic E-state index is -0.0959.